The third kappa shape index (κ3) is 7.15. The van der Waals surface area contributed by atoms with Crippen LogP contribution in [-0.4, -0.2) is 25.5 Å². The van der Waals surface area contributed by atoms with Gasteiger partial charge in [0, 0.05) is 21.4 Å². The molecule has 0 saturated heterocycles. The van der Waals surface area contributed by atoms with E-state index in [4.69, 9.17) is 44.3 Å². The number of rotatable bonds is 8. The van der Waals surface area contributed by atoms with Crippen LogP contribution >= 0.6 is 34.8 Å². The van der Waals surface area contributed by atoms with Crippen LogP contribution < -0.4 is 20.1 Å². The fourth-order valence-electron chi connectivity index (χ4n) is 3.02. The quantitative estimate of drug-likeness (QED) is 0.248. The van der Waals surface area contributed by atoms with E-state index >= 15 is 0 Å². The van der Waals surface area contributed by atoms with Crippen LogP contribution in [0.5, 0.6) is 11.5 Å². The summed E-state index contributed by atoms with van der Waals surface area (Å²) in [7, 11) is 1.40. The van der Waals surface area contributed by atoms with Crippen molar-refractivity contribution < 1.29 is 19.1 Å². The number of hydrogen-bond acceptors (Lipinski definition) is 5. The lowest BCUT2D eigenvalue weighted by molar-refractivity contribution is -0.118. The van der Waals surface area contributed by atoms with Gasteiger partial charge in [-0.1, -0.05) is 40.9 Å². The number of ether oxygens (including phenoxy) is 2. The second-order valence-electron chi connectivity index (χ2n) is 7.47. The third-order valence-corrected chi connectivity index (χ3v) is 5.77. The van der Waals surface area contributed by atoms with E-state index in [2.05, 4.69) is 10.6 Å². The van der Waals surface area contributed by atoms with Crippen LogP contribution in [-0.2, 0) is 9.59 Å². The van der Waals surface area contributed by atoms with E-state index in [0.29, 0.717) is 27.0 Å². The van der Waals surface area contributed by atoms with Crippen molar-refractivity contribution in [1.29, 1.82) is 5.26 Å². The Morgan fingerprint density at radius 3 is 2.31 bits per heavy atom. The van der Waals surface area contributed by atoms with Gasteiger partial charge >= 0.3 is 0 Å². The van der Waals surface area contributed by atoms with Gasteiger partial charge in [0.15, 0.2) is 18.1 Å². The summed E-state index contributed by atoms with van der Waals surface area (Å²) in [6.07, 6.45) is 1.36. The van der Waals surface area contributed by atoms with E-state index < -0.39 is 11.8 Å². The van der Waals surface area contributed by atoms with Crippen molar-refractivity contribution in [3.05, 3.63) is 86.4 Å². The molecule has 3 rings (SSSR count). The number of carbonyl (C=O) groups excluding carboxylic acids is 2. The molecule has 0 aliphatic carbocycles. The number of benzene rings is 3. The van der Waals surface area contributed by atoms with Crippen LogP contribution in [0.15, 0.2) is 60.2 Å². The topological polar surface area (TPSA) is 100 Å². The Morgan fingerprint density at radius 1 is 0.972 bits per heavy atom. The van der Waals surface area contributed by atoms with Gasteiger partial charge in [-0.05, 0) is 72.7 Å². The van der Waals surface area contributed by atoms with Crippen molar-refractivity contribution in [2.45, 2.75) is 6.92 Å². The monoisotopic (exact) mass is 543 g/mol. The van der Waals surface area contributed by atoms with E-state index in [1.165, 1.54) is 25.3 Å². The summed E-state index contributed by atoms with van der Waals surface area (Å²) in [5.74, 6) is -0.682. The van der Waals surface area contributed by atoms with Gasteiger partial charge in [0.1, 0.15) is 11.6 Å². The number of nitrogens with zero attached hydrogens (tertiary/aromatic N) is 1. The van der Waals surface area contributed by atoms with E-state index in [-0.39, 0.29) is 28.7 Å². The Morgan fingerprint density at radius 2 is 1.67 bits per heavy atom. The molecule has 184 valence electrons. The van der Waals surface area contributed by atoms with E-state index in [1.807, 2.05) is 13.0 Å². The Kier molecular flexibility index (Phi) is 9.20. The van der Waals surface area contributed by atoms with Crippen LogP contribution in [0.4, 0.5) is 11.4 Å². The fraction of sp³-hybridized carbons (Fsp3) is 0.115. The van der Waals surface area contributed by atoms with E-state index in [9.17, 15) is 14.9 Å². The van der Waals surface area contributed by atoms with Crippen molar-refractivity contribution in [2.24, 2.45) is 0 Å². The Balaban J connectivity index is 1.73. The zero-order valence-corrected chi connectivity index (χ0v) is 21.5. The number of nitriles is 1. The highest BCUT2D eigenvalue weighted by Gasteiger charge is 2.16. The molecule has 0 fully saturated rings. The van der Waals surface area contributed by atoms with Gasteiger partial charge in [0.2, 0.25) is 0 Å². The molecule has 0 bridgehead atoms. The SMILES string of the molecule is COc1cc(/C=C(/C#N)C(=O)Nc2ccc(Cl)cc2)cc(Cl)c1OCC(=O)Nc1ccc(C)c(Cl)c1. The molecular formula is C26H20Cl3N3O4. The predicted molar refractivity (Wildman–Crippen MR) is 142 cm³/mol. The van der Waals surface area contributed by atoms with Crippen molar-refractivity contribution in [3.63, 3.8) is 0 Å². The number of aryl methyl sites for hydroxylation is 1. The molecule has 0 spiro atoms. The lowest BCUT2D eigenvalue weighted by Gasteiger charge is -2.14. The first kappa shape index (κ1) is 26.9. The van der Waals surface area contributed by atoms with Crippen LogP contribution in [0.3, 0.4) is 0 Å². The van der Waals surface area contributed by atoms with Gasteiger partial charge in [-0.15, -0.1) is 0 Å². The second kappa shape index (κ2) is 12.3. The molecule has 3 aromatic rings. The van der Waals surface area contributed by atoms with Gasteiger partial charge in [0.25, 0.3) is 11.8 Å². The summed E-state index contributed by atoms with van der Waals surface area (Å²) in [6.45, 7) is 1.51. The van der Waals surface area contributed by atoms with Crippen molar-refractivity contribution in [1.82, 2.24) is 0 Å². The van der Waals surface area contributed by atoms with Gasteiger partial charge in [0.05, 0.1) is 12.1 Å². The zero-order valence-electron chi connectivity index (χ0n) is 19.2. The van der Waals surface area contributed by atoms with Crippen LogP contribution in [0.1, 0.15) is 11.1 Å². The van der Waals surface area contributed by atoms with Crippen molar-refractivity contribution >= 4 is 64.1 Å². The first-order valence-corrected chi connectivity index (χ1v) is 11.6. The van der Waals surface area contributed by atoms with Crippen molar-refractivity contribution in [3.8, 4) is 17.6 Å². The Labute approximate surface area is 223 Å². The highest BCUT2D eigenvalue weighted by molar-refractivity contribution is 6.32. The Bertz CT molecular complexity index is 1370. The molecule has 0 atom stereocenters. The second-order valence-corrected chi connectivity index (χ2v) is 8.72. The molecule has 0 saturated carbocycles. The normalized spacial score (nSPS) is 10.8. The summed E-state index contributed by atoms with van der Waals surface area (Å²) in [5.41, 5.74) is 2.16. The number of anilines is 2. The summed E-state index contributed by atoms with van der Waals surface area (Å²) in [4.78, 5) is 24.9. The van der Waals surface area contributed by atoms with Crippen LogP contribution in [0, 0.1) is 18.3 Å². The molecule has 0 heterocycles. The zero-order chi connectivity index (χ0) is 26.2. The maximum atomic E-state index is 12.5. The molecule has 0 unspecified atom stereocenters. The first-order chi connectivity index (χ1) is 17.2. The largest absolute Gasteiger partial charge is 0.493 e. The van der Waals surface area contributed by atoms with E-state index in [0.717, 1.165) is 5.56 Å². The molecule has 0 aliphatic heterocycles. The smallest absolute Gasteiger partial charge is 0.266 e. The van der Waals surface area contributed by atoms with Crippen molar-refractivity contribution in [2.75, 3.05) is 24.4 Å². The maximum Gasteiger partial charge on any atom is 0.266 e. The molecule has 36 heavy (non-hydrogen) atoms. The minimum Gasteiger partial charge on any atom is -0.493 e. The molecule has 2 N–H and O–H groups in total. The summed E-state index contributed by atoms with van der Waals surface area (Å²) >= 11 is 18.3. The van der Waals surface area contributed by atoms with E-state index in [1.54, 1.807) is 42.5 Å². The lowest BCUT2D eigenvalue weighted by Crippen LogP contribution is -2.20. The fourth-order valence-corrected chi connectivity index (χ4v) is 3.60. The molecule has 2 amide bonds. The molecule has 0 aromatic heterocycles. The highest BCUT2D eigenvalue weighted by Crippen LogP contribution is 2.37. The number of hydrogen-bond donors (Lipinski definition) is 2. The molecule has 0 radical (unpaired) electrons. The van der Waals surface area contributed by atoms with Gasteiger partial charge < -0.3 is 20.1 Å². The summed E-state index contributed by atoms with van der Waals surface area (Å²) in [6, 6.07) is 16.5. The van der Waals surface area contributed by atoms with Gasteiger partial charge in [-0.3, -0.25) is 9.59 Å². The minimum absolute atomic E-state index is 0.127. The average Bonchev–Trinajstić information content (AvgIpc) is 2.85. The number of carbonyl (C=O) groups is 2. The predicted octanol–water partition coefficient (Wildman–Crippen LogP) is 6.53. The number of methoxy groups -OCH3 is 1. The minimum atomic E-state index is -0.608. The van der Waals surface area contributed by atoms with Gasteiger partial charge in [-0.25, -0.2) is 0 Å². The molecule has 7 nitrogen and oxygen atoms in total. The number of halogens is 3. The highest BCUT2D eigenvalue weighted by atomic mass is 35.5. The molecular weight excluding hydrogens is 525 g/mol. The lowest BCUT2D eigenvalue weighted by atomic mass is 10.1. The molecule has 10 heteroatoms. The van der Waals surface area contributed by atoms with Crippen LogP contribution in [0.2, 0.25) is 15.1 Å². The molecule has 0 aliphatic rings. The summed E-state index contributed by atoms with van der Waals surface area (Å²) in [5, 5.41) is 16.0. The standard InChI is InChI=1S/C26H20Cl3N3O4/c1-15-3-6-20(12-21(15)28)31-24(33)14-36-25-22(29)10-16(11-23(25)35-2)9-17(13-30)26(34)32-19-7-4-18(27)5-8-19/h3-12H,14H2,1-2H3,(H,31,33)(H,32,34)/b17-9-. The number of nitrogens with one attached hydrogen (secondary N) is 2. The Hall–Kier alpha value is -3.70. The average molecular weight is 545 g/mol. The number of amides is 2. The molecule has 3 aromatic carbocycles. The first-order valence-electron chi connectivity index (χ1n) is 10.4. The third-order valence-electron chi connectivity index (χ3n) is 4.83. The maximum absolute atomic E-state index is 12.5. The summed E-state index contributed by atoms with van der Waals surface area (Å²) < 4.78 is 10.9. The van der Waals surface area contributed by atoms with Crippen LogP contribution in [0.25, 0.3) is 6.08 Å². The van der Waals surface area contributed by atoms with Gasteiger partial charge in [-0.2, -0.15) is 5.26 Å².